The van der Waals surface area contributed by atoms with Gasteiger partial charge in [-0.2, -0.15) is 0 Å². The third-order valence-corrected chi connectivity index (χ3v) is 7.20. The van der Waals surface area contributed by atoms with Crippen molar-refractivity contribution in [3.05, 3.63) is 47.9 Å². The largest absolute Gasteiger partial charge is 0.387 e. The number of hydrogen-bond donors (Lipinski definition) is 3. The van der Waals surface area contributed by atoms with Gasteiger partial charge in [0.25, 0.3) is 0 Å². The van der Waals surface area contributed by atoms with E-state index >= 15 is 0 Å². The van der Waals surface area contributed by atoms with E-state index in [1.54, 1.807) is 24.3 Å². The van der Waals surface area contributed by atoms with E-state index in [1.807, 2.05) is 0 Å². The van der Waals surface area contributed by atoms with Crippen molar-refractivity contribution in [2.45, 2.75) is 35.9 Å². The lowest BCUT2D eigenvalue weighted by Gasteiger charge is -2.16. The summed E-state index contributed by atoms with van der Waals surface area (Å²) in [6.07, 6.45) is -1.05. The zero-order valence-electron chi connectivity index (χ0n) is 16.8. The third-order valence-electron chi connectivity index (χ3n) is 5.63. The zero-order chi connectivity index (χ0) is 22.5. The lowest BCUT2D eigenvalue weighted by Crippen LogP contribution is -2.34. The molecule has 2 aromatic heterocycles. The number of hydrogen-bond acceptors (Lipinski definition) is 10. The number of nitrogens with two attached hydrogens (primary N) is 1. The predicted octanol–water partition coefficient (Wildman–Crippen LogP) is 0.263. The van der Waals surface area contributed by atoms with Gasteiger partial charge in [-0.1, -0.05) is 18.2 Å². The summed E-state index contributed by atoms with van der Waals surface area (Å²) in [5.74, 6) is 0.200. The smallest absolute Gasteiger partial charge is 0.200 e. The molecule has 3 aromatic rings. The Balaban J connectivity index is 1.22. The molecule has 2 aliphatic heterocycles. The second kappa shape index (κ2) is 7.90. The number of ether oxygens (including phenoxy) is 2. The lowest BCUT2D eigenvalue weighted by molar-refractivity contribution is -0.0647. The number of fused-ring (bicyclic) bond motifs is 2. The molecule has 4 N–H and O–H groups in total. The molecule has 168 valence electrons. The molecular weight excluding hydrogens is 438 g/mol. The maximum Gasteiger partial charge on any atom is 0.200 e. The highest BCUT2D eigenvalue weighted by molar-refractivity contribution is 7.95. The Bertz CT molecular complexity index is 1310. The molecule has 0 saturated carbocycles. The van der Waals surface area contributed by atoms with Crippen LogP contribution < -0.4 is 5.73 Å². The van der Waals surface area contributed by atoms with Crippen molar-refractivity contribution in [2.75, 3.05) is 18.9 Å². The van der Waals surface area contributed by atoms with Crippen molar-refractivity contribution >= 4 is 32.4 Å². The van der Waals surface area contributed by atoms with E-state index in [-0.39, 0.29) is 19.0 Å². The van der Waals surface area contributed by atoms with Crippen molar-refractivity contribution in [3.63, 3.8) is 0 Å². The molecule has 32 heavy (non-hydrogen) atoms. The van der Waals surface area contributed by atoms with Crippen LogP contribution in [0.1, 0.15) is 18.2 Å². The Kier molecular flexibility index (Phi) is 5.18. The lowest BCUT2D eigenvalue weighted by atomic mass is 10.1. The number of aliphatic hydroxyl groups excluding tert-OH is 2. The first-order valence-corrected chi connectivity index (χ1v) is 11.5. The van der Waals surface area contributed by atoms with E-state index in [0.717, 1.165) is 0 Å². The molecule has 0 bridgehead atoms. The number of aliphatic hydroxyl groups is 2. The Hall–Kier alpha value is -2.90. The Labute approximate surface area is 183 Å². The molecule has 4 heterocycles. The number of imidazole rings is 1. The second-order valence-corrected chi connectivity index (χ2v) is 9.40. The molecule has 0 amide bonds. The fraction of sp³-hybridized carbons (Fsp3) is 0.350. The minimum Gasteiger partial charge on any atom is -0.387 e. The third kappa shape index (κ3) is 3.45. The van der Waals surface area contributed by atoms with Gasteiger partial charge in [-0.3, -0.25) is 4.57 Å². The second-order valence-electron chi connectivity index (χ2n) is 7.64. The molecule has 12 heteroatoms. The van der Waals surface area contributed by atoms with Gasteiger partial charge in [0.1, 0.15) is 30.2 Å². The Morgan fingerprint density at radius 1 is 1.16 bits per heavy atom. The van der Waals surface area contributed by atoms with Gasteiger partial charge in [-0.15, -0.1) is 0 Å². The first kappa shape index (κ1) is 21.0. The summed E-state index contributed by atoms with van der Waals surface area (Å²) in [5, 5.41) is 22.2. The van der Waals surface area contributed by atoms with E-state index in [1.165, 1.54) is 22.6 Å². The summed E-state index contributed by atoms with van der Waals surface area (Å²) in [6, 6.07) is 6.82. The molecule has 5 rings (SSSR count). The maximum absolute atomic E-state index is 12.2. The number of aromatic nitrogens is 4. The molecular formula is C20H21N5O6S. The molecule has 11 nitrogen and oxygen atoms in total. The summed E-state index contributed by atoms with van der Waals surface area (Å²) < 4.78 is 37.4. The van der Waals surface area contributed by atoms with Crippen molar-refractivity contribution in [1.29, 1.82) is 0 Å². The highest BCUT2D eigenvalue weighted by Gasteiger charge is 2.44. The van der Waals surface area contributed by atoms with Gasteiger partial charge in [0.15, 0.2) is 17.7 Å². The van der Waals surface area contributed by atoms with Crippen molar-refractivity contribution < 1.29 is 28.1 Å². The number of nitrogens with zero attached hydrogens (tertiary/aromatic N) is 4. The van der Waals surface area contributed by atoms with Crippen LogP contribution in [-0.4, -0.2) is 69.7 Å². The van der Waals surface area contributed by atoms with Gasteiger partial charge in [0.2, 0.25) is 9.84 Å². The van der Waals surface area contributed by atoms with Crippen LogP contribution >= 0.6 is 0 Å². The van der Waals surface area contributed by atoms with Crippen LogP contribution in [0.15, 0.2) is 47.2 Å². The molecule has 0 spiro atoms. The van der Waals surface area contributed by atoms with Crippen LogP contribution in [0.3, 0.4) is 0 Å². The summed E-state index contributed by atoms with van der Waals surface area (Å²) in [5.41, 5.74) is 7.90. The van der Waals surface area contributed by atoms with Crippen LogP contribution in [-0.2, 0) is 19.3 Å². The highest BCUT2D eigenvalue weighted by Crippen LogP contribution is 2.35. The quantitative estimate of drug-likeness (QED) is 0.436. The first-order valence-electron chi connectivity index (χ1n) is 9.94. The number of sulfone groups is 1. The molecule has 0 radical (unpaired) electrons. The monoisotopic (exact) mass is 459 g/mol. The van der Waals surface area contributed by atoms with Crippen molar-refractivity contribution in [1.82, 2.24) is 19.5 Å². The number of nitrogen functional groups attached to an aromatic ring is 1. The van der Waals surface area contributed by atoms with Gasteiger partial charge in [0.05, 0.1) is 24.4 Å². The van der Waals surface area contributed by atoms with E-state index in [4.69, 9.17) is 15.2 Å². The van der Waals surface area contributed by atoms with Gasteiger partial charge in [0, 0.05) is 5.41 Å². The highest BCUT2D eigenvalue weighted by atomic mass is 32.2. The van der Waals surface area contributed by atoms with Crippen LogP contribution in [0.4, 0.5) is 5.82 Å². The van der Waals surface area contributed by atoms with E-state index in [2.05, 4.69) is 15.0 Å². The summed E-state index contributed by atoms with van der Waals surface area (Å²) >= 11 is 0. The molecule has 0 aliphatic carbocycles. The zero-order valence-corrected chi connectivity index (χ0v) is 17.6. The standard InChI is InChI=1S/C20H21N5O6S/c21-18-15-19(23-9-22-18)25(10-24-15)20-17(27)16(26)13(31-20)7-30-6-5-11-8-32(28,29)14-4-2-1-3-12(11)14/h1-4,8-10,13,16-17,20,26-27H,5-7H2,(H2,21,22,23)/t13-,16-,17-,20-/m1/s1. The Morgan fingerprint density at radius 2 is 1.97 bits per heavy atom. The van der Waals surface area contributed by atoms with Crippen LogP contribution in [0.5, 0.6) is 0 Å². The minimum absolute atomic E-state index is 0.0140. The summed E-state index contributed by atoms with van der Waals surface area (Å²) in [6.45, 7) is 0.237. The van der Waals surface area contributed by atoms with Gasteiger partial charge < -0.3 is 25.4 Å². The number of benzene rings is 1. The minimum atomic E-state index is -3.42. The normalized spacial score (nSPS) is 26.4. The van der Waals surface area contributed by atoms with Gasteiger partial charge in [-0.25, -0.2) is 23.4 Å². The van der Waals surface area contributed by atoms with Crippen LogP contribution in [0, 0.1) is 0 Å². The molecule has 1 saturated heterocycles. The molecule has 2 aliphatic rings. The predicted molar refractivity (Wildman–Crippen MR) is 113 cm³/mol. The van der Waals surface area contributed by atoms with Crippen molar-refractivity contribution in [2.24, 2.45) is 0 Å². The first-order chi connectivity index (χ1) is 15.4. The fourth-order valence-electron chi connectivity index (χ4n) is 4.02. The topological polar surface area (TPSA) is 163 Å². The van der Waals surface area contributed by atoms with E-state index < -0.39 is 34.4 Å². The molecule has 1 aromatic carbocycles. The van der Waals surface area contributed by atoms with E-state index in [0.29, 0.717) is 33.6 Å². The van der Waals surface area contributed by atoms with Gasteiger partial charge in [-0.05, 0) is 23.6 Å². The van der Waals surface area contributed by atoms with Crippen molar-refractivity contribution in [3.8, 4) is 0 Å². The summed E-state index contributed by atoms with van der Waals surface area (Å²) in [4.78, 5) is 12.5. The van der Waals surface area contributed by atoms with Gasteiger partial charge >= 0.3 is 0 Å². The number of rotatable bonds is 6. The average molecular weight is 459 g/mol. The number of anilines is 1. The molecule has 4 atom stereocenters. The maximum atomic E-state index is 12.2. The van der Waals surface area contributed by atoms with E-state index in [9.17, 15) is 18.6 Å². The molecule has 0 unspecified atom stereocenters. The van der Waals surface area contributed by atoms with Crippen LogP contribution in [0.25, 0.3) is 16.7 Å². The molecule has 1 fully saturated rings. The fourth-order valence-corrected chi connectivity index (χ4v) is 5.54. The Morgan fingerprint density at radius 3 is 2.81 bits per heavy atom. The van der Waals surface area contributed by atoms with Crippen LogP contribution in [0.2, 0.25) is 0 Å². The SMILES string of the molecule is Nc1ncnc2c1ncn2[C@@H]1O[C@H](COCCC2=CS(=O)(=O)c3ccccc32)[C@@H](O)[C@H]1O. The summed E-state index contributed by atoms with van der Waals surface area (Å²) in [7, 11) is -3.42. The average Bonchev–Trinajstić information content (AvgIpc) is 3.40.